The first-order valence-electron chi connectivity index (χ1n) is 6.23. The number of aromatic nitrogens is 2. The Bertz CT molecular complexity index is 634. The predicted molar refractivity (Wildman–Crippen MR) is 76.8 cm³/mol. The van der Waals surface area contributed by atoms with Gasteiger partial charge in [-0.3, -0.25) is 0 Å². The zero-order valence-corrected chi connectivity index (χ0v) is 12.4. The summed E-state index contributed by atoms with van der Waals surface area (Å²) < 4.78 is 5.22. The van der Waals surface area contributed by atoms with Crippen LogP contribution in [0, 0.1) is 11.3 Å². The predicted octanol–water partition coefficient (Wildman–Crippen LogP) is 4.37. The van der Waals surface area contributed by atoms with Crippen LogP contribution in [0.5, 0.6) is 0 Å². The molecule has 0 saturated carbocycles. The molecule has 2 rings (SSSR count). The summed E-state index contributed by atoms with van der Waals surface area (Å²) >= 11 is 11.8. The monoisotopic (exact) mass is 309 g/mol. The van der Waals surface area contributed by atoms with Crippen LogP contribution in [-0.2, 0) is 6.42 Å². The summed E-state index contributed by atoms with van der Waals surface area (Å²) in [5.74, 6) is 1.25. The van der Waals surface area contributed by atoms with E-state index in [1.165, 1.54) is 0 Å². The molecule has 1 heterocycles. The molecule has 0 aliphatic rings. The molecule has 0 bridgehead atoms. The summed E-state index contributed by atoms with van der Waals surface area (Å²) in [6, 6.07) is 7.52. The number of rotatable bonds is 5. The van der Waals surface area contributed by atoms with Gasteiger partial charge in [-0.1, -0.05) is 41.3 Å². The van der Waals surface area contributed by atoms with Gasteiger partial charge < -0.3 is 4.52 Å². The molecule has 1 atom stereocenters. The lowest BCUT2D eigenvalue weighted by molar-refractivity contribution is 0.351. The summed E-state index contributed by atoms with van der Waals surface area (Å²) in [6.07, 6.45) is 1.72. The summed E-state index contributed by atoms with van der Waals surface area (Å²) in [5.41, 5.74) is 0.969. The second kappa shape index (κ2) is 6.74. The Hall–Kier alpha value is -1.57. The van der Waals surface area contributed by atoms with E-state index < -0.39 is 0 Å². The molecule has 1 aromatic heterocycles. The van der Waals surface area contributed by atoms with Crippen LogP contribution in [0.3, 0.4) is 0 Å². The summed E-state index contributed by atoms with van der Waals surface area (Å²) in [7, 11) is 0. The Balaban J connectivity index is 2.05. The van der Waals surface area contributed by atoms with Crippen molar-refractivity contribution in [1.29, 1.82) is 5.26 Å². The molecular formula is C14H13Cl2N3O. The molecule has 1 unspecified atom stereocenters. The quantitative estimate of drug-likeness (QED) is 0.822. The lowest BCUT2D eigenvalue weighted by Gasteiger charge is -2.01. The van der Waals surface area contributed by atoms with Crippen molar-refractivity contribution in [2.75, 3.05) is 0 Å². The van der Waals surface area contributed by atoms with Gasteiger partial charge in [0.25, 0.3) is 0 Å². The minimum Gasteiger partial charge on any atom is -0.339 e. The van der Waals surface area contributed by atoms with Crippen LogP contribution in [0.15, 0.2) is 22.7 Å². The maximum Gasteiger partial charge on any atom is 0.229 e. The van der Waals surface area contributed by atoms with E-state index in [4.69, 9.17) is 33.0 Å². The van der Waals surface area contributed by atoms with Gasteiger partial charge in [-0.05, 0) is 24.1 Å². The molecular weight excluding hydrogens is 297 g/mol. The van der Waals surface area contributed by atoms with Crippen molar-refractivity contribution in [2.24, 2.45) is 0 Å². The van der Waals surface area contributed by atoms with Crippen molar-refractivity contribution in [3.63, 3.8) is 0 Å². The normalized spacial score (nSPS) is 12.1. The zero-order valence-electron chi connectivity index (χ0n) is 10.9. The molecule has 0 aliphatic carbocycles. The van der Waals surface area contributed by atoms with Gasteiger partial charge in [-0.15, -0.1) is 0 Å². The van der Waals surface area contributed by atoms with Crippen LogP contribution in [0.2, 0.25) is 10.0 Å². The molecule has 20 heavy (non-hydrogen) atoms. The molecule has 0 fully saturated rings. The first-order chi connectivity index (χ1) is 9.60. The van der Waals surface area contributed by atoms with Gasteiger partial charge in [-0.25, -0.2) is 0 Å². The third-order valence-electron chi connectivity index (χ3n) is 2.94. The van der Waals surface area contributed by atoms with Gasteiger partial charge in [0.15, 0.2) is 5.82 Å². The summed E-state index contributed by atoms with van der Waals surface area (Å²) in [4.78, 5) is 4.35. The van der Waals surface area contributed by atoms with Gasteiger partial charge in [0, 0.05) is 18.8 Å². The fourth-order valence-corrected chi connectivity index (χ4v) is 2.10. The van der Waals surface area contributed by atoms with Crippen LogP contribution >= 0.6 is 23.2 Å². The Labute approximate surface area is 127 Å². The minimum absolute atomic E-state index is 0.0877. The van der Waals surface area contributed by atoms with E-state index in [9.17, 15) is 0 Å². The van der Waals surface area contributed by atoms with Crippen LogP contribution < -0.4 is 0 Å². The Morgan fingerprint density at radius 1 is 1.35 bits per heavy atom. The fraction of sp³-hybridized carbons (Fsp3) is 0.357. The molecule has 4 nitrogen and oxygen atoms in total. The van der Waals surface area contributed by atoms with E-state index in [0.29, 0.717) is 41.0 Å². The van der Waals surface area contributed by atoms with Crippen molar-refractivity contribution >= 4 is 23.2 Å². The van der Waals surface area contributed by atoms with Crippen molar-refractivity contribution < 1.29 is 4.52 Å². The average Bonchev–Trinajstić information content (AvgIpc) is 2.89. The molecule has 0 saturated heterocycles. The van der Waals surface area contributed by atoms with E-state index in [0.717, 1.165) is 5.56 Å². The number of nitrogens with zero attached hydrogens (tertiary/aromatic N) is 3. The van der Waals surface area contributed by atoms with Gasteiger partial charge >= 0.3 is 0 Å². The zero-order chi connectivity index (χ0) is 14.5. The minimum atomic E-state index is 0.0877. The number of halogens is 2. The van der Waals surface area contributed by atoms with Gasteiger partial charge in [0.05, 0.1) is 16.1 Å². The standard InChI is InChI=1S/C14H13Cl2N3O/c1-9(3-2-6-17)14-18-13(19-20-14)8-10-4-5-11(15)12(16)7-10/h4-5,7,9H,2-3,8H2,1H3. The van der Waals surface area contributed by atoms with Crippen LogP contribution in [0.25, 0.3) is 0 Å². The molecule has 0 aliphatic heterocycles. The third kappa shape index (κ3) is 3.72. The average molecular weight is 310 g/mol. The number of nitriles is 1. The fourth-order valence-electron chi connectivity index (χ4n) is 1.78. The van der Waals surface area contributed by atoms with E-state index in [1.54, 1.807) is 12.1 Å². The highest BCUT2D eigenvalue weighted by atomic mass is 35.5. The van der Waals surface area contributed by atoms with Gasteiger partial charge in [0.2, 0.25) is 5.89 Å². The van der Waals surface area contributed by atoms with Crippen LogP contribution in [-0.4, -0.2) is 10.1 Å². The second-order valence-corrected chi connectivity index (χ2v) is 5.39. The van der Waals surface area contributed by atoms with Crippen molar-refractivity contribution in [3.8, 4) is 6.07 Å². The lowest BCUT2D eigenvalue weighted by atomic mass is 10.1. The molecule has 2 aromatic rings. The highest BCUT2D eigenvalue weighted by Crippen LogP contribution is 2.24. The van der Waals surface area contributed by atoms with E-state index >= 15 is 0 Å². The molecule has 0 amide bonds. The maximum atomic E-state index is 8.57. The molecule has 6 heteroatoms. The lowest BCUT2D eigenvalue weighted by Crippen LogP contribution is -1.95. The molecule has 1 aromatic carbocycles. The highest BCUT2D eigenvalue weighted by Gasteiger charge is 2.14. The second-order valence-electron chi connectivity index (χ2n) is 4.57. The van der Waals surface area contributed by atoms with Gasteiger partial charge in [-0.2, -0.15) is 10.2 Å². The smallest absolute Gasteiger partial charge is 0.229 e. The van der Waals surface area contributed by atoms with Crippen molar-refractivity contribution in [1.82, 2.24) is 10.1 Å². The summed E-state index contributed by atoms with van der Waals surface area (Å²) in [5, 5.41) is 13.6. The van der Waals surface area contributed by atoms with Crippen molar-refractivity contribution in [2.45, 2.75) is 32.1 Å². The largest absolute Gasteiger partial charge is 0.339 e. The molecule has 0 spiro atoms. The van der Waals surface area contributed by atoms with Crippen LogP contribution in [0.4, 0.5) is 0 Å². The van der Waals surface area contributed by atoms with Gasteiger partial charge in [0.1, 0.15) is 0 Å². The Morgan fingerprint density at radius 3 is 2.85 bits per heavy atom. The highest BCUT2D eigenvalue weighted by molar-refractivity contribution is 6.42. The van der Waals surface area contributed by atoms with Crippen molar-refractivity contribution in [3.05, 3.63) is 45.5 Å². The van der Waals surface area contributed by atoms with E-state index in [2.05, 4.69) is 16.2 Å². The topological polar surface area (TPSA) is 62.7 Å². The van der Waals surface area contributed by atoms with E-state index in [1.807, 2.05) is 13.0 Å². The number of hydrogen-bond acceptors (Lipinski definition) is 4. The SMILES string of the molecule is CC(CCC#N)c1nc(Cc2ccc(Cl)c(Cl)c2)no1. The number of benzene rings is 1. The maximum absolute atomic E-state index is 8.57. The first-order valence-corrected chi connectivity index (χ1v) is 6.99. The molecule has 104 valence electrons. The summed E-state index contributed by atoms with van der Waals surface area (Å²) in [6.45, 7) is 1.97. The Kier molecular flexibility index (Phi) is 4.99. The Morgan fingerprint density at radius 2 is 2.15 bits per heavy atom. The molecule has 0 radical (unpaired) electrons. The first kappa shape index (κ1) is 14.8. The van der Waals surface area contributed by atoms with Crippen LogP contribution in [0.1, 0.15) is 43.0 Å². The number of hydrogen-bond donors (Lipinski definition) is 0. The van der Waals surface area contributed by atoms with E-state index in [-0.39, 0.29) is 5.92 Å². The third-order valence-corrected chi connectivity index (χ3v) is 3.68. The molecule has 0 N–H and O–H groups in total.